The van der Waals surface area contributed by atoms with Crippen molar-refractivity contribution in [1.29, 1.82) is 0 Å². The van der Waals surface area contributed by atoms with Crippen LogP contribution in [-0.4, -0.2) is 47.4 Å². The number of amides is 1. The van der Waals surface area contributed by atoms with Gasteiger partial charge in [-0.25, -0.2) is 0 Å². The minimum Gasteiger partial charge on any atom is -0.466 e. The van der Waals surface area contributed by atoms with Crippen molar-refractivity contribution in [2.45, 2.75) is 315 Å². The Labute approximate surface area is 392 Å². The van der Waals surface area contributed by atoms with Crippen LogP contribution in [0, 0.1) is 0 Å². The van der Waals surface area contributed by atoms with Crippen molar-refractivity contribution in [3.05, 3.63) is 24.3 Å². The van der Waals surface area contributed by atoms with E-state index < -0.39 is 12.1 Å². The van der Waals surface area contributed by atoms with Crippen LogP contribution >= 0.6 is 0 Å². The lowest BCUT2D eigenvalue weighted by atomic mass is 10.0. The van der Waals surface area contributed by atoms with Crippen LogP contribution in [0.5, 0.6) is 0 Å². The molecule has 0 saturated heterocycles. The Morgan fingerprint density at radius 3 is 1.14 bits per heavy atom. The molecular weight excluding hydrogens is 779 g/mol. The van der Waals surface area contributed by atoms with Crippen LogP contribution in [0.15, 0.2) is 24.3 Å². The fourth-order valence-corrected chi connectivity index (χ4v) is 8.63. The maximum absolute atomic E-state index is 12.4. The van der Waals surface area contributed by atoms with Crippen molar-refractivity contribution >= 4 is 11.9 Å². The summed E-state index contributed by atoms with van der Waals surface area (Å²) < 4.78 is 5.48. The molecule has 6 nitrogen and oxygen atoms in total. The summed E-state index contributed by atoms with van der Waals surface area (Å²) in [5.41, 5.74) is 0. The fraction of sp³-hybridized carbons (Fsp3) is 0.895. The predicted molar refractivity (Wildman–Crippen MR) is 273 cm³/mol. The van der Waals surface area contributed by atoms with Crippen LogP contribution < -0.4 is 5.32 Å². The van der Waals surface area contributed by atoms with E-state index in [1.165, 1.54) is 205 Å². The number of esters is 1. The van der Waals surface area contributed by atoms with Gasteiger partial charge in [0.15, 0.2) is 0 Å². The zero-order chi connectivity index (χ0) is 45.8. The van der Waals surface area contributed by atoms with Crippen molar-refractivity contribution in [3.8, 4) is 0 Å². The molecule has 0 aliphatic heterocycles. The normalized spacial score (nSPS) is 12.8. The number of hydrogen-bond acceptors (Lipinski definition) is 5. The lowest BCUT2D eigenvalue weighted by molar-refractivity contribution is -0.143. The first-order valence-corrected chi connectivity index (χ1v) is 28.1. The number of ether oxygens (including phenoxy) is 1. The fourth-order valence-electron chi connectivity index (χ4n) is 8.63. The first-order chi connectivity index (χ1) is 31.0. The van der Waals surface area contributed by atoms with Crippen LogP contribution in [0.3, 0.4) is 0 Å². The maximum atomic E-state index is 12.4. The molecule has 0 aromatic carbocycles. The molecule has 0 rings (SSSR count). The second kappa shape index (κ2) is 53.0. The number of rotatable bonds is 52. The molecule has 0 aliphatic rings. The van der Waals surface area contributed by atoms with E-state index in [-0.39, 0.29) is 18.5 Å². The second-order valence-electron chi connectivity index (χ2n) is 19.3. The average molecular weight is 889 g/mol. The Hall–Kier alpha value is -1.66. The van der Waals surface area contributed by atoms with Gasteiger partial charge < -0.3 is 20.3 Å². The SMILES string of the molecule is CCCCCCCCCCCCCC/C=C/C(O)C(CO)NC(=O)CCCCC/C=C\CCCCCCCCOC(=O)CCCCCCCCCCCCCCCCCCCCC. The number of aliphatic hydroxyl groups is 2. The van der Waals surface area contributed by atoms with Crippen LogP contribution in [0.1, 0.15) is 303 Å². The summed E-state index contributed by atoms with van der Waals surface area (Å²) in [6, 6.07) is -0.647. The molecule has 0 aromatic rings. The summed E-state index contributed by atoms with van der Waals surface area (Å²) in [6.45, 7) is 4.87. The third-order valence-corrected chi connectivity index (χ3v) is 13.0. The van der Waals surface area contributed by atoms with Gasteiger partial charge in [-0.1, -0.05) is 256 Å². The Morgan fingerprint density at radius 2 is 0.746 bits per heavy atom. The summed E-state index contributed by atoms with van der Waals surface area (Å²) in [7, 11) is 0. The zero-order valence-electron chi connectivity index (χ0n) is 42.3. The Balaban J connectivity index is 3.48. The van der Waals surface area contributed by atoms with Crippen molar-refractivity contribution in [2.75, 3.05) is 13.2 Å². The van der Waals surface area contributed by atoms with E-state index in [2.05, 4.69) is 31.3 Å². The van der Waals surface area contributed by atoms with Gasteiger partial charge >= 0.3 is 5.97 Å². The number of allylic oxidation sites excluding steroid dienone is 3. The van der Waals surface area contributed by atoms with Crippen LogP contribution in [0.4, 0.5) is 0 Å². The van der Waals surface area contributed by atoms with Crippen LogP contribution in [-0.2, 0) is 14.3 Å². The summed E-state index contributed by atoms with van der Waals surface area (Å²) >= 11 is 0. The van der Waals surface area contributed by atoms with Gasteiger partial charge in [0.25, 0.3) is 0 Å². The van der Waals surface area contributed by atoms with Gasteiger partial charge in [-0.3, -0.25) is 9.59 Å². The molecular formula is C57H109NO5. The molecule has 0 heterocycles. The average Bonchev–Trinajstić information content (AvgIpc) is 3.28. The molecule has 1 amide bonds. The lowest BCUT2D eigenvalue weighted by Gasteiger charge is -2.19. The summed E-state index contributed by atoms with van der Waals surface area (Å²) in [5, 5.41) is 23.0. The first-order valence-electron chi connectivity index (χ1n) is 28.1. The highest BCUT2D eigenvalue weighted by Gasteiger charge is 2.18. The summed E-state index contributed by atoms with van der Waals surface area (Å²) in [6.07, 6.45) is 63.4. The van der Waals surface area contributed by atoms with Gasteiger partial charge in [-0.15, -0.1) is 0 Å². The Kier molecular flexibility index (Phi) is 51.6. The third kappa shape index (κ3) is 49.6. The largest absolute Gasteiger partial charge is 0.466 e. The van der Waals surface area contributed by atoms with E-state index in [1.54, 1.807) is 6.08 Å². The molecule has 0 spiro atoms. The Morgan fingerprint density at radius 1 is 0.429 bits per heavy atom. The number of nitrogens with one attached hydrogen (secondary N) is 1. The minimum atomic E-state index is -0.860. The third-order valence-electron chi connectivity index (χ3n) is 13.0. The van der Waals surface area contributed by atoms with Gasteiger partial charge in [0.1, 0.15) is 0 Å². The lowest BCUT2D eigenvalue weighted by Crippen LogP contribution is -2.45. The quantitative estimate of drug-likeness (QED) is 0.0321. The minimum absolute atomic E-state index is 0.00931. The van der Waals surface area contributed by atoms with Gasteiger partial charge in [-0.05, 0) is 57.8 Å². The van der Waals surface area contributed by atoms with E-state index >= 15 is 0 Å². The number of aliphatic hydroxyl groups excluding tert-OH is 2. The van der Waals surface area contributed by atoms with Gasteiger partial charge in [0.2, 0.25) is 5.91 Å². The zero-order valence-corrected chi connectivity index (χ0v) is 42.3. The highest BCUT2D eigenvalue weighted by atomic mass is 16.5. The number of unbranched alkanes of at least 4 members (excludes halogenated alkanes) is 39. The molecule has 63 heavy (non-hydrogen) atoms. The standard InChI is InChI=1S/C57H109NO5/c1-3-5-7-9-11-13-15-17-19-20-21-22-23-27-31-35-39-43-47-51-57(62)63-52-48-44-40-36-32-28-24-26-30-34-38-42-46-50-56(61)58-54(53-59)55(60)49-45-41-37-33-29-25-18-16-14-12-10-8-6-4-2/h26,30,45,49,54-55,59-60H,3-25,27-29,31-44,46-48,50-53H2,1-2H3,(H,58,61)/b30-26-,49-45+. The van der Waals surface area contributed by atoms with E-state index in [9.17, 15) is 19.8 Å². The van der Waals surface area contributed by atoms with Crippen LogP contribution in [0.2, 0.25) is 0 Å². The summed E-state index contributed by atoms with van der Waals surface area (Å²) in [4.78, 5) is 24.5. The molecule has 0 bridgehead atoms. The van der Waals surface area contributed by atoms with Gasteiger partial charge in [0, 0.05) is 12.8 Å². The highest BCUT2D eigenvalue weighted by Crippen LogP contribution is 2.17. The Bertz CT molecular complexity index is 982. The highest BCUT2D eigenvalue weighted by molar-refractivity contribution is 5.76. The topological polar surface area (TPSA) is 95.9 Å². The van der Waals surface area contributed by atoms with E-state index in [0.717, 1.165) is 70.6 Å². The molecule has 2 atom stereocenters. The molecule has 372 valence electrons. The number of hydrogen-bond donors (Lipinski definition) is 3. The van der Waals surface area contributed by atoms with Crippen molar-refractivity contribution in [2.24, 2.45) is 0 Å². The second-order valence-corrected chi connectivity index (χ2v) is 19.3. The molecule has 0 radical (unpaired) electrons. The monoisotopic (exact) mass is 888 g/mol. The maximum Gasteiger partial charge on any atom is 0.305 e. The number of carbonyl (C=O) groups excluding carboxylic acids is 2. The van der Waals surface area contributed by atoms with E-state index in [4.69, 9.17) is 4.74 Å². The first kappa shape index (κ1) is 61.3. The molecule has 6 heteroatoms. The molecule has 2 unspecified atom stereocenters. The van der Waals surface area contributed by atoms with E-state index in [0.29, 0.717) is 19.4 Å². The van der Waals surface area contributed by atoms with Crippen molar-refractivity contribution in [1.82, 2.24) is 5.32 Å². The van der Waals surface area contributed by atoms with Crippen molar-refractivity contribution < 1.29 is 24.5 Å². The molecule has 0 saturated carbocycles. The molecule has 0 fully saturated rings. The number of carbonyl (C=O) groups is 2. The molecule has 3 N–H and O–H groups in total. The smallest absolute Gasteiger partial charge is 0.305 e. The molecule has 0 aliphatic carbocycles. The van der Waals surface area contributed by atoms with Gasteiger partial charge in [0.05, 0.1) is 25.4 Å². The van der Waals surface area contributed by atoms with E-state index in [1.807, 2.05) is 6.08 Å². The summed E-state index contributed by atoms with van der Waals surface area (Å²) in [5.74, 6) is -0.106. The van der Waals surface area contributed by atoms with Gasteiger partial charge in [-0.2, -0.15) is 0 Å². The van der Waals surface area contributed by atoms with Crippen LogP contribution in [0.25, 0.3) is 0 Å². The predicted octanol–water partition coefficient (Wildman–Crippen LogP) is 17.1. The molecule has 0 aromatic heterocycles. The van der Waals surface area contributed by atoms with Crippen molar-refractivity contribution in [3.63, 3.8) is 0 Å².